The Bertz CT molecular complexity index is 1260. The molecule has 0 aliphatic carbocycles. The number of ketones is 1. The van der Waals surface area contributed by atoms with Gasteiger partial charge in [0.2, 0.25) is 5.78 Å². The molecule has 0 radical (unpaired) electrons. The first-order valence-electron chi connectivity index (χ1n) is 9.23. The molecule has 3 aromatic rings. The summed E-state index contributed by atoms with van der Waals surface area (Å²) < 4.78 is 15.3. The van der Waals surface area contributed by atoms with E-state index in [9.17, 15) is 19.2 Å². The Morgan fingerprint density at radius 1 is 1.14 bits per heavy atom. The monoisotopic (exact) mass is 406 g/mol. The van der Waals surface area contributed by atoms with Crippen molar-refractivity contribution in [1.82, 2.24) is 4.57 Å². The van der Waals surface area contributed by atoms with Crippen LogP contribution in [0, 0.1) is 17.1 Å². The van der Waals surface area contributed by atoms with Gasteiger partial charge in [0.05, 0.1) is 4.53 Å². The quantitative estimate of drug-likeness (QED) is 0.612. The number of thiazole rings is 1. The lowest BCUT2D eigenvalue weighted by molar-refractivity contribution is 0.105. The molecule has 0 atom stereocenters. The minimum atomic E-state index is -0.533. The van der Waals surface area contributed by atoms with Crippen LogP contribution in [0.3, 0.4) is 0 Å². The van der Waals surface area contributed by atoms with Crippen LogP contribution in [0.5, 0.6) is 0 Å². The topological polar surface area (TPSA) is 62.9 Å². The van der Waals surface area contributed by atoms with Crippen LogP contribution in [0.15, 0.2) is 53.3 Å². The number of Topliss-reactive ketones (excluding diaryl/α,β-unsaturated/α-hetero) is 1. The van der Waals surface area contributed by atoms with Gasteiger partial charge < -0.3 is 0 Å². The van der Waals surface area contributed by atoms with Crippen LogP contribution in [0.4, 0.5) is 4.39 Å². The first kappa shape index (κ1) is 20.4. The predicted octanol–water partition coefficient (Wildman–Crippen LogP) is 3.02. The molecule has 0 aliphatic rings. The van der Waals surface area contributed by atoms with Crippen molar-refractivity contribution in [3.8, 4) is 6.07 Å². The van der Waals surface area contributed by atoms with E-state index in [2.05, 4.69) is 6.92 Å². The molecular weight excluding hydrogens is 387 g/mol. The van der Waals surface area contributed by atoms with E-state index in [1.54, 1.807) is 13.0 Å². The minimum absolute atomic E-state index is 0.124. The number of nitriles is 1. The first-order chi connectivity index (χ1) is 14.0. The van der Waals surface area contributed by atoms with Gasteiger partial charge in [-0.3, -0.25) is 14.2 Å². The fourth-order valence-corrected chi connectivity index (χ4v) is 4.10. The van der Waals surface area contributed by atoms with Crippen molar-refractivity contribution in [2.45, 2.75) is 26.8 Å². The molecule has 6 heteroatoms. The van der Waals surface area contributed by atoms with Gasteiger partial charge in [-0.2, -0.15) is 5.26 Å². The Morgan fingerprint density at radius 2 is 1.79 bits per heavy atom. The normalized spacial score (nSPS) is 12.6. The van der Waals surface area contributed by atoms with Crippen LogP contribution in [-0.4, -0.2) is 10.4 Å². The number of hydrogen-bond acceptors (Lipinski definition) is 4. The lowest BCUT2D eigenvalue weighted by Gasteiger charge is -2.00. The SMILES string of the molecule is CCc1ccc(/C=c2\s/c(=C(/C#N)C(=O)c3ccc(F)cc3)n(CC)c2=O)cc1. The predicted molar refractivity (Wildman–Crippen MR) is 113 cm³/mol. The molecular formula is C23H19FN2O2S. The third-order valence-electron chi connectivity index (χ3n) is 4.57. The number of halogens is 1. The second-order valence-electron chi connectivity index (χ2n) is 6.38. The highest BCUT2D eigenvalue weighted by atomic mass is 32.1. The summed E-state index contributed by atoms with van der Waals surface area (Å²) >= 11 is 1.11. The van der Waals surface area contributed by atoms with Gasteiger partial charge >= 0.3 is 0 Å². The molecule has 1 heterocycles. The third kappa shape index (κ3) is 4.25. The van der Waals surface area contributed by atoms with Crippen LogP contribution >= 0.6 is 11.3 Å². The molecule has 29 heavy (non-hydrogen) atoms. The van der Waals surface area contributed by atoms with Crippen molar-refractivity contribution in [1.29, 1.82) is 5.26 Å². The van der Waals surface area contributed by atoms with Crippen molar-refractivity contribution < 1.29 is 9.18 Å². The molecule has 0 bridgehead atoms. The highest BCUT2D eigenvalue weighted by molar-refractivity contribution is 7.07. The molecule has 0 aliphatic heterocycles. The summed E-state index contributed by atoms with van der Waals surface area (Å²) in [5.41, 5.74) is 1.91. The van der Waals surface area contributed by atoms with E-state index >= 15 is 0 Å². The van der Waals surface area contributed by atoms with E-state index in [-0.39, 0.29) is 16.7 Å². The molecule has 4 nitrogen and oxygen atoms in total. The smallest absolute Gasteiger partial charge is 0.269 e. The molecule has 0 saturated heterocycles. The Labute approximate surface area is 171 Å². The Kier molecular flexibility index (Phi) is 6.20. The van der Waals surface area contributed by atoms with E-state index in [4.69, 9.17) is 0 Å². The third-order valence-corrected chi connectivity index (χ3v) is 5.70. The highest BCUT2D eigenvalue weighted by Crippen LogP contribution is 2.10. The number of nitrogens with zero attached hydrogens (tertiary/aromatic N) is 2. The van der Waals surface area contributed by atoms with Crippen molar-refractivity contribution in [2.24, 2.45) is 0 Å². The molecule has 0 amide bonds. The summed E-state index contributed by atoms with van der Waals surface area (Å²) in [6.45, 7) is 4.19. The molecule has 0 N–H and O–H groups in total. The van der Waals surface area contributed by atoms with Crippen LogP contribution in [0.1, 0.15) is 35.3 Å². The number of hydrogen-bond donors (Lipinski definition) is 0. The number of aryl methyl sites for hydroxylation is 1. The molecule has 0 spiro atoms. The average molecular weight is 406 g/mol. The van der Waals surface area contributed by atoms with Crippen LogP contribution in [-0.2, 0) is 13.0 Å². The van der Waals surface area contributed by atoms with Crippen molar-refractivity contribution in [3.05, 3.63) is 90.6 Å². The number of carbonyl (C=O) groups excluding carboxylic acids is 1. The second kappa shape index (κ2) is 8.80. The van der Waals surface area contributed by atoms with Gasteiger partial charge in [-0.25, -0.2) is 4.39 Å². The van der Waals surface area contributed by atoms with Crippen LogP contribution < -0.4 is 14.8 Å². The lowest BCUT2D eigenvalue weighted by Crippen LogP contribution is -2.32. The van der Waals surface area contributed by atoms with Crippen molar-refractivity contribution in [3.63, 3.8) is 0 Å². The maximum Gasteiger partial charge on any atom is 0.269 e. The van der Waals surface area contributed by atoms with Gasteiger partial charge in [-0.1, -0.05) is 31.2 Å². The summed E-state index contributed by atoms with van der Waals surface area (Å²) in [5, 5.41) is 9.63. The largest absolute Gasteiger partial charge is 0.298 e. The summed E-state index contributed by atoms with van der Waals surface area (Å²) in [4.78, 5) is 25.6. The van der Waals surface area contributed by atoms with Gasteiger partial charge in [-0.15, -0.1) is 11.3 Å². The molecule has 0 saturated carbocycles. The lowest BCUT2D eigenvalue weighted by atomic mass is 10.1. The summed E-state index contributed by atoms with van der Waals surface area (Å²) in [5.74, 6) is -0.998. The minimum Gasteiger partial charge on any atom is -0.298 e. The Balaban J connectivity index is 2.20. The zero-order chi connectivity index (χ0) is 21.0. The van der Waals surface area contributed by atoms with Gasteiger partial charge in [0.1, 0.15) is 22.1 Å². The molecule has 0 unspecified atom stereocenters. The Morgan fingerprint density at radius 3 is 2.34 bits per heavy atom. The van der Waals surface area contributed by atoms with Crippen molar-refractivity contribution >= 4 is 28.8 Å². The molecule has 0 fully saturated rings. The fraction of sp³-hybridized carbons (Fsp3) is 0.174. The summed E-state index contributed by atoms with van der Waals surface area (Å²) in [6.07, 6.45) is 2.69. The van der Waals surface area contributed by atoms with E-state index in [1.807, 2.05) is 30.3 Å². The second-order valence-corrected chi connectivity index (χ2v) is 7.41. The number of aromatic nitrogens is 1. The molecule has 146 valence electrons. The van der Waals surface area contributed by atoms with Crippen LogP contribution in [0.25, 0.3) is 11.6 Å². The molecule has 1 aromatic heterocycles. The first-order valence-corrected chi connectivity index (χ1v) is 10.0. The van der Waals surface area contributed by atoms with Crippen molar-refractivity contribution in [2.75, 3.05) is 0 Å². The zero-order valence-electron chi connectivity index (χ0n) is 16.1. The maximum atomic E-state index is 13.2. The van der Waals surface area contributed by atoms with Gasteiger partial charge in [0, 0.05) is 12.1 Å². The highest BCUT2D eigenvalue weighted by Gasteiger charge is 2.17. The van der Waals surface area contributed by atoms with Gasteiger partial charge in [0.15, 0.2) is 0 Å². The molecule has 2 aromatic carbocycles. The van der Waals surface area contributed by atoms with Gasteiger partial charge in [-0.05, 0) is 54.8 Å². The fourth-order valence-electron chi connectivity index (χ4n) is 2.93. The number of benzene rings is 2. The average Bonchev–Trinajstić information content (AvgIpc) is 3.04. The van der Waals surface area contributed by atoms with E-state index in [1.165, 1.54) is 34.4 Å². The van der Waals surface area contributed by atoms with Gasteiger partial charge in [0.25, 0.3) is 5.56 Å². The number of rotatable bonds is 5. The molecule has 3 rings (SSSR count). The standard InChI is InChI=1S/C23H19FN2O2S/c1-3-15-5-7-16(8-6-15)13-20-22(28)26(4-2)23(29-20)19(14-25)21(27)17-9-11-18(24)12-10-17/h5-13H,3-4H2,1-2H3/b20-13-,23-19-. The summed E-state index contributed by atoms with van der Waals surface area (Å²) in [7, 11) is 0. The van der Waals surface area contributed by atoms with E-state index < -0.39 is 11.6 Å². The van der Waals surface area contributed by atoms with Crippen LogP contribution in [0.2, 0.25) is 0 Å². The summed E-state index contributed by atoms with van der Waals surface area (Å²) in [6, 6.07) is 14.8. The van der Waals surface area contributed by atoms with E-state index in [0.717, 1.165) is 23.3 Å². The van der Waals surface area contributed by atoms with E-state index in [0.29, 0.717) is 15.7 Å². The maximum absolute atomic E-state index is 13.2. The number of carbonyl (C=O) groups is 1. The zero-order valence-corrected chi connectivity index (χ0v) is 16.9. The Hall–Kier alpha value is -3.30.